The third-order valence-corrected chi connectivity index (χ3v) is 5.12. The molecule has 2 heterocycles. The molecule has 7 heteroatoms. The molecule has 1 saturated heterocycles. The van der Waals surface area contributed by atoms with Crippen molar-refractivity contribution in [1.82, 2.24) is 19.3 Å². The Morgan fingerprint density at radius 1 is 1.35 bits per heavy atom. The third kappa shape index (κ3) is 4.24. The van der Waals surface area contributed by atoms with Crippen LogP contribution in [0.25, 0.3) is 0 Å². The molecule has 2 N–H and O–H groups in total. The molecule has 0 bridgehead atoms. The fourth-order valence-corrected chi connectivity index (χ4v) is 3.61. The van der Waals surface area contributed by atoms with Crippen molar-refractivity contribution >= 4 is 10.2 Å². The van der Waals surface area contributed by atoms with Gasteiger partial charge < -0.3 is 5.32 Å². The minimum absolute atomic E-state index is 0.236. The lowest BCUT2D eigenvalue weighted by Gasteiger charge is -2.31. The van der Waals surface area contributed by atoms with Gasteiger partial charge in [0.15, 0.2) is 0 Å². The fraction of sp³-hybridized carbons (Fsp3) is 0.615. The Balaban J connectivity index is 1.85. The predicted molar refractivity (Wildman–Crippen MR) is 78.2 cm³/mol. The maximum absolute atomic E-state index is 12.2. The summed E-state index contributed by atoms with van der Waals surface area (Å²) in [6.07, 6.45) is 3.48. The first-order valence-corrected chi connectivity index (χ1v) is 8.35. The van der Waals surface area contributed by atoms with Gasteiger partial charge in [0.2, 0.25) is 0 Å². The van der Waals surface area contributed by atoms with Gasteiger partial charge in [-0.25, -0.2) is 0 Å². The molecule has 1 fully saturated rings. The van der Waals surface area contributed by atoms with Crippen molar-refractivity contribution in [1.29, 1.82) is 0 Å². The Morgan fingerprint density at radius 2 is 2.10 bits per heavy atom. The second-order valence-corrected chi connectivity index (χ2v) is 6.80. The molecular weight excluding hydrogens is 276 g/mol. The van der Waals surface area contributed by atoms with Gasteiger partial charge in [-0.05, 0) is 44.5 Å². The van der Waals surface area contributed by atoms with Gasteiger partial charge in [-0.2, -0.15) is 17.4 Å². The van der Waals surface area contributed by atoms with Crippen LogP contribution in [-0.4, -0.2) is 44.4 Å². The second-order valence-electron chi connectivity index (χ2n) is 5.05. The Bertz CT molecular complexity index is 498. The fourth-order valence-electron chi connectivity index (χ4n) is 2.40. The van der Waals surface area contributed by atoms with Crippen LogP contribution in [0.15, 0.2) is 24.4 Å². The van der Waals surface area contributed by atoms with Crippen molar-refractivity contribution in [2.75, 3.05) is 26.7 Å². The Hall–Kier alpha value is -1.02. The summed E-state index contributed by atoms with van der Waals surface area (Å²) in [5.41, 5.74) is 0.723. The Morgan fingerprint density at radius 3 is 2.70 bits per heavy atom. The van der Waals surface area contributed by atoms with E-state index in [0.717, 1.165) is 25.1 Å². The van der Waals surface area contributed by atoms with Gasteiger partial charge in [0, 0.05) is 19.3 Å². The molecule has 6 nitrogen and oxygen atoms in total. The highest BCUT2D eigenvalue weighted by atomic mass is 32.2. The lowest BCUT2D eigenvalue weighted by Crippen LogP contribution is -2.45. The highest BCUT2D eigenvalue weighted by Crippen LogP contribution is 2.18. The van der Waals surface area contributed by atoms with Gasteiger partial charge in [-0.15, -0.1) is 0 Å². The molecule has 112 valence electrons. The van der Waals surface area contributed by atoms with E-state index in [9.17, 15) is 8.42 Å². The number of pyridine rings is 1. The van der Waals surface area contributed by atoms with Crippen molar-refractivity contribution in [3.8, 4) is 0 Å². The summed E-state index contributed by atoms with van der Waals surface area (Å²) < 4.78 is 28.5. The van der Waals surface area contributed by atoms with E-state index in [1.165, 1.54) is 4.31 Å². The summed E-state index contributed by atoms with van der Waals surface area (Å²) in [5.74, 6) is 0.572. The largest absolute Gasteiger partial charge is 0.319 e. The van der Waals surface area contributed by atoms with Gasteiger partial charge in [-0.1, -0.05) is 6.07 Å². The summed E-state index contributed by atoms with van der Waals surface area (Å²) in [5, 5.41) is 3.15. The zero-order chi connectivity index (χ0) is 14.4. The average Bonchev–Trinajstić information content (AvgIpc) is 2.47. The average molecular weight is 298 g/mol. The first-order valence-electron chi connectivity index (χ1n) is 6.91. The van der Waals surface area contributed by atoms with Crippen LogP contribution in [0, 0.1) is 5.92 Å². The van der Waals surface area contributed by atoms with E-state index in [-0.39, 0.29) is 6.54 Å². The lowest BCUT2D eigenvalue weighted by atomic mass is 9.98. The molecule has 2 rings (SSSR count). The standard InChI is InChI=1S/C13H22N4O2S/c1-14-10-12-5-8-17(9-6-12)20(18,19)16-11-13-4-2-3-7-15-13/h2-4,7,12,14,16H,5-6,8-11H2,1H3. The molecule has 0 aliphatic carbocycles. The molecule has 1 aliphatic rings. The van der Waals surface area contributed by atoms with Crippen LogP contribution < -0.4 is 10.0 Å². The predicted octanol–water partition coefficient (Wildman–Crippen LogP) is 0.347. The molecule has 1 aromatic rings. The summed E-state index contributed by atoms with van der Waals surface area (Å²) >= 11 is 0. The van der Waals surface area contributed by atoms with E-state index in [1.54, 1.807) is 6.20 Å². The van der Waals surface area contributed by atoms with Crippen molar-refractivity contribution in [3.05, 3.63) is 30.1 Å². The molecule has 0 saturated carbocycles. The van der Waals surface area contributed by atoms with Crippen LogP contribution in [0.4, 0.5) is 0 Å². The smallest absolute Gasteiger partial charge is 0.279 e. The number of rotatable bonds is 6. The van der Waals surface area contributed by atoms with Gasteiger partial charge in [-0.3, -0.25) is 4.98 Å². The van der Waals surface area contributed by atoms with E-state index < -0.39 is 10.2 Å². The first kappa shape index (κ1) is 15.4. The number of nitrogens with zero attached hydrogens (tertiary/aromatic N) is 2. The van der Waals surface area contributed by atoms with Crippen LogP contribution in [-0.2, 0) is 16.8 Å². The van der Waals surface area contributed by atoms with Crippen LogP contribution in [0.5, 0.6) is 0 Å². The highest BCUT2D eigenvalue weighted by molar-refractivity contribution is 7.87. The van der Waals surface area contributed by atoms with Crippen LogP contribution in [0.1, 0.15) is 18.5 Å². The number of piperidine rings is 1. The summed E-state index contributed by atoms with van der Waals surface area (Å²) in [4.78, 5) is 4.11. The summed E-state index contributed by atoms with van der Waals surface area (Å²) in [6.45, 7) is 2.36. The molecule has 1 aliphatic heterocycles. The molecule has 0 unspecified atom stereocenters. The molecule has 0 amide bonds. The molecule has 20 heavy (non-hydrogen) atoms. The molecule has 0 radical (unpaired) electrons. The highest BCUT2D eigenvalue weighted by Gasteiger charge is 2.27. The molecular formula is C13H22N4O2S. The minimum atomic E-state index is -3.40. The number of hydrogen-bond donors (Lipinski definition) is 2. The zero-order valence-corrected chi connectivity index (χ0v) is 12.6. The van der Waals surface area contributed by atoms with Gasteiger partial charge in [0.1, 0.15) is 0 Å². The maximum Gasteiger partial charge on any atom is 0.279 e. The van der Waals surface area contributed by atoms with E-state index in [2.05, 4.69) is 15.0 Å². The first-order chi connectivity index (χ1) is 9.62. The Kier molecular flexibility index (Phi) is 5.47. The van der Waals surface area contributed by atoms with Gasteiger partial charge in [0.05, 0.1) is 12.2 Å². The monoisotopic (exact) mass is 298 g/mol. The molecule has 0 spiro atoms. The van der Waals surface area contributed by atoms with Crippen molar-refractivity contribution in [2.45, 2.75) is 19.4 Å². The van der Waals surface area contributed by atoms with Crippen LogP contribution in [0.2, 0.25) is 0 Å². The van der Waals surface area contributed by atoms with Crippen LogP contribution in [0.3, 0.4) is 0 Å². The van der Waals surface area contributed by atoms with Gasteiger partial charge >= 0.3 is 0 Å². The topological polar surface area (TPSA) is 74.3 Å². The quantitative estimate of drug-likeness (QED) is 0.794. The Labute approximate surface area is 120 Å². The van der Waals surface area contributed by atoms with Crippen molar-refractivity contribution < 1.29 is 8.42 Å². The summed E-state index contributed by atoms with van der Waals surface area (Å²) in [6, 6.07) is 5.46. The van der Waals surface area contributed by atoms with E-state index in [4.69, 9.17) is 0 Å². The number of nitrogens with one attached hydrogen (secondary N) is 2. The molecule has 0 aromatic carbocycles. The van der Waals surface area contributed by atoms with E-state index in [0.29, 0.717) is 19.0 Å². The summed E-state index contributed by atoms with van der Waals surface area (Å²) in [7, 11) is -1.47. The number of hydrogen-bond acceptors (Lipinski definition) is 4. The number of aromatic nitrogens is 1. The van der Waals surface area contributed by atoms with E-state index in [1.807, 2.05) is 25.2 Å². The maximum atomic E-state index is 12.2. The van der Waals surface area contributed by atoms with Crippen LogP contribution >= 0.6 is 0 Å². The van der Waals surface area contributed by atoms with E-state index >= 15 is 0 Å². The minimum Gasteiger partial charge on any atom is -0.319 e. The van der Waals surface area contributed by atoms with Gasteiger partial charge in [0.25, 0.3) is 10.2 Å². The molecule has 1 aromatic heterocycles. The third-order valence-electron chi connectivity index (χ3n) is 3.57. The normalized spacial score (nSPS) is 18.2. The van der Waals surface area contributed by atoms with Crippen molar-refractivity contribution in [2.24, 2.45) is 5.92 Å². The molecule has 0 atom stereocenters. The zero-order valence-electron chi connectivity index (χ0n) is 11.7. The second kappa shape index (κ2) is 7.12. The van der Waals surface area contributed by atoms with Crippen molar-refractivity contribution in [3.63, 3.8) is 0 Å². The lowest BCUT2D eigenvalue weighted by molar-refractivity contribution is 0.268. The SMILES string of the molecule is CNCC1CCN(S(=O)(=O)NCc2ccccn2)CC1.